The van der Waals surface area contributed by atoms with Gasteiger partial charge in [-0.1, -0.05) is 73.4 Å². The number of thioether (sulfide) groups is 1. The fraction of sp³-hybridized carbons (Fsp3) is 0.391. The van der Waals surface area contributed by atoms with Gasteiger partial charge in [0, 0.05) is 28.9 Å². The number of nitrogens with zero attached hydrogens (tertiary/aromatic N) is 1. The molecule has 2 aromatic carbocycles. The maximum Gasteiger partial charge on any atom is 0.242 e. The van der Waals surface area contributed by atoms with E-state index in [1.165, 1.54) is 11.8 Å². The van der Waals surface area contributed by atoms with Crippen molar-refractivity contribution in [2.24, 2.45) is 0 Å². The molecule has 0 aromatic heterocycles. The largest absolute Gasteiger partial charge is 0.354 e. The predicted molar refractivity (Wildman–Crippen MR) is 127 cm³/mol. The summed E-state index contributed by atoms with van der Waals surface area (Å²) in [6, 6.07) is 14.5. The number of rotatable bonds is 11. The molecule has 0 aliphatic rings. The summed E-state index contributed by atoms with van der Waals surface area (Å²) in [6.45, 7) is 4.80. The fourth-order valence-corrected chi connectivity index (χ4v) is 4.43. The Balaban J connectivity index is 2.14. The predicted octanol–water partition coefficient (Wildman–Crippen LogP) is 5.56. The molecule has 0 radical (unpaired) electrons. The molecule has 2 aromatic rings. The van der Waals surface area contributed by atoms with E-state index < -0.39 is 6.04 Å². The first kappa shape index (κ1) is 24.6. The number of amides is 2. The average Bonchev–Trinajstić information content (AvgIpc) is 2.74. The number of carbonyl (C=O) groups is 2. The third kappa shape index (κ3) is 7.22. The van der Waals surface area contributed by atoms with Crippen molar-refractivity contribution in [3.63, 3.8) is 0 Å². The minimum Gasteiger partial charge on any atom is -0.354 e. The van der Waals surface area contributed by atoms with E-state index in [4.69, 9.17) is 23.2 Å². The molecule has 7 heteroatoms. The lowest BCUT2D eigenvalue weighted by atomic mass is 10.1. The lowest BCUT2D eigenvalue weighted by molar-refractivity contribution is -0.139. The van der Waals surface area contributed by atoms with Gasteiger partial charge in [-0.25, -0.2) is 0 Å². The molecule has 1 unspecified atom stereocenters. The summed E-state index contributed by atoms with van der Waals surface area (Å²) in [6.07, 6.45) is 1.37. The van der Waals surface area contributed by atoms with Gasteiger partial charge in [0.2, 0.25) is 11.8 Å². The van der Waals surface area contributed by atoms with Gasteiger partial charge in [0.05, 0.1) is 5.75 Å². The zero-order valence-electron chi connectivity index (χ0n) is 17.4. The van der Waals surface area contributed by atoms with Crippen LogP contribution in [0.15, 0.2) is 48.5 Å². The molecule has 2 amide bonds. The van der Waals surface area contributed by atoms with E-state index in [0.29, 0.717) is 35.3 Å². The molecule has 1 atom stereocenters. The Morgan fingerprint density at radius 2 is 1.60 bits per heavy atom. The van der Waals surface area contributed by atoms with Gasteiger partial charge in [0.25, 0.3) is 0 Å². The molecule has 0 saturated carbocycles. The van der Waals surface area contributed by atoms with E-state index in [1.807, 2.05) is 56.3 Å². The lowest BCUT2D eigenvalue weighted by Crippen LogP contribution is -2.49. The van der Waals surface area contributed by atoms with Crippen LogP contribution >= 0.6 is 35.0 Å². The molecule has 0 bridgehead atoms. The van der Waals surface area contributed by atoms with Gasteiger partial charge >= 0.3 is 0 Å². The van der Waals surface area contributed by atoms with Crippen molar-refractivity contribution >= 4 is 46.8 Å². The maximum atomic E-state index is 13.2. The number of hydrogen-bond donors (Lipinski definition) is 1. The molecule has 1 N–H and O–H groups in total. The number of carbonyl (C=O) groups excluding carboxylic acids is 2. The van der Waals surface area contributed by atoms with Crippen LogP contribution in [0, 0.1) is 0 Å². The van der Waals surface area contributed by atoms with Crippen LogP contribution in [0.4, 0.5) is 0 Å². The number of benzene rings is 2. The summed E-state index contributed by atoms with van der Waals surface area (Å²) in [5, 5.41) is 4.19. The average molecular weight is 467 g/mol. The second kappa shape index (κ2) is 12.9. The first-order valence-electron chi connectivity index (χ1n) is 10.1. The fourth-order valence-electron chi connectivity index (χ4n) is 3.04. The van der Waals surface area contributed by atoms with E-state index in [1.54, 1.807) is 11.0 Å². The van der Waals surface area contributed by atoms with E-state index >= 15 is 0 Å². The van der Waals surface area contributed by atoms with Gasteiger partial charge in [-0.15, -0.1) is 11.8 Å². The van der Waals surface area contributed by atoms with Gasteiger partial charge < -0.3 is 10.2 Å². The monoisotopic (exact) mass is 466 g/mol. The lowest BCUT2D eigenvalue weighted by Gasteiger charge is -2.31. The minimum atomic E-state index is -0.541. The third-order valence-corrected chi connectivity index (χ3v) is 6.38. The zero-order valence-corrected chi connectivity index (χ0v) is 19.7. The Morgan fingerprint density at radius 3 is 2.17 bits per heavy atom. The van der Waals surface area contributed by atoms with Crippen LogP contribution in [0.25, 0.3) is 0 Å². The standard InChI is InChI=1S/C23H28Cl2N2O2S/c1-3-13-26-23(29)21(4-2)27(14-17-9-5-7-11-19(17)24)22(28)16-30-15-18-10-6-8-12-20(18)25/h5-12,21H,3-4,13-16H2,1-2H3,(H,26,29). The van der Waals surface area contributed by atoms with Crippen LogP contribution in [0.2, 0.25) is 10.0 Å². The minimum absolute atomic E-state index is 0.0922. The number of halogens is 2. The van der Waals surface area contributed by atoms with Gasteiger partial charge in [0.15, 0.2) is 0 Å². The van der Waals surface area contributed by atoms with Crippen LogP contribution in [0.5, 0.6) is 0 Å². The summed E-state index contributed by atoms with van der Waals surface area (Å²) in [5.74, 6) is 0.665. The Labute approximate surface area is 193 Å². The molecule has 4 nitrogen and oxygen atoms in total. The van der Waals surface area contributed by atoms with E-state index in [2.05, 4.69) is 5.32 Å². The molecule has 0 heterocycles. The quantitative estimate of drug-likeness (QED) is 0.471. The Hall–Kier alpha value is -1.69. The Morgan fingerprint density at radius 1 is 1.00 bits per heavy atom. The van der Waals surface area contributed by atoms with Crippen molar-refractivity contribution in [3.8, 4) is 0 Å². The van der Waals surface area contributed by atoms with Crippen LogP contribution in [0.3, 0.4) is 0 Å². The third-order valence-electron chi connectivity index (χ3n) is 4.67. The zero-order chi connectivity index (χ0) is 21.9. The Bertz CT molecular complexity index is 847. The van der Waals surface area contributed by atoms with Gasteiger partial charge in [-0.2, -0.15) is 0 Å². The number of nitrogens with one attached hydrogen (secondary N) is 1. The molecule has 0 aliphatic carbocycles. The molecule has 30 heavy (non-hydrogen) atoms. The van der Waals surface area contributed by atoms with Crippen molar-refractivity contribution in [3.05, 3.63) is 69.7 Å². The summed E-state index contributed by atoms with van der Waals surface area (Å²) in [4.78, 5) is 27.5. The van der Waals surface area contributed by atoms with Crippen molar-refractivity contribution in [1.82, 2.24) is 10.2 Å². The second-order valence-corrected chi connectivity index (χ2v) is 8.71. The van der Waals surface area contributed by atoms with E-state index in [-0.39, 0.29) is 17.6 Å². The van der Waals surface area contributed by atoms with Gasteiger partial charge in [-0.05, 0) is 36.1 Å². The molecule has 162 valence electrons. The molecule has 0 fully saturated rings. The van der Waals surface area contributed by atoms with Crippen LogP contribution in [0.1, 0.15) is 37.8 Å². The number of hydrogen-bond acceptors (Lipinski definition) is 3. The van der Waals surface area contributed by atoms with Gasteiger partial charge in [-0.3, -0.25) is 9.59 Å². The highest BCUT2D eigenvalue weighted by molar-refractivity contribution is 7.99. The highest BCUT2D eigenvalue weighted by Gasteiger charge is 2.28. The van der Waals surface area contributed by atoms with Crippen molar-refractivity contribution < 1.29 is 9.59 Å². The molecule has 0 aliphatic heterocycles. The van der Waals surface area contributed by atoms with Crippen LogP contribution in [-0.4, -0.2) is 35.1 Å². The summed E-state index contributed by atoms with van der Waals surface area (Å²) < 4.78 is 0. The normalized spacial score (nSPS) is 11.7. The van der Waals surface area contributed by atoms with Gasteiger partial charge in [0.1, 0.15) is 6.04 Å². The highest BCUT2D eigenvalue weighted by atomic mass is 35.5. The van der Waals surface area contributed by atoms with E-state index in [9.17, 15) is 9.59 Å². The summed E-state index contributed by atoms with van der Waals surface area (Å²) in [5.41, 5.74) is 1.81. The topological polar surface area (TPSA) is 49.4 Å². The van der Waals surface area contributed by atoms with Crippen molar-refractivity contribution in [2.75, 3.05) is 12.3 Å². The smallest absolute Gasteiger partial charge is 0.242 e. The Kier molecular flexibility index (Phi) is 10.6. The second-order valence-electron chi connectivity index (χ2n) is 6.91. The molecule has 0 spiro atoms. The SMILES string of the molecule is CCCNC(=O)C(CC)N(Cc1ccccc1Cl)C(=O)CSCc1ccccc1Cl. The summed E-state index contributed by atoms with van der Waals surface area (Å²) in [7, 11) is 0. The molecule has 2 rings (SSSR count). The molecular weight excluding hydrogens is 439 g/mol. The summed E-state index contributed by atoms with van der Waals surface area (Å²) >= 11 is 14.0. The molecular formula is C23H28Cl2N2O2S. The van der Waals surface area contributed by atoms with Crippen molar-refractivity contribution in [1.29, 1.82) is 0 Å². The molecule has 0 saturated heterocycles. The van der Waals surface area contributed by atoms with Crippen LogP contribution < -0.4 is 5.32 Å². The first-order valence-corrected chi connectivity index (χ1v) is 12.0. The first-order chi connectivity index (χ1) is 14.5. The maximum absolute atomic E-state index is 13.2. The van der Waals surface area contributed by atoms with Crippen LogP contribution in [-0.2, 0) is 21.9 Å². The highest BCUT2D eigenvalue weighted by Crippen LogP contribution is 2.23. The van der Waals surface area contributed by atoms with Crippen molar-refractivity contribution in [2.45, 2.75) is 45.0 Å². The van der Waals surface area contributed by atoms with E-state index in [0.717, 1.165) is 17.5 Å².